The lowest BCUT2D eigenvalue weighted by atomic mass is 10.2. The maximum atomic E-state index is 11.9. The van der Waals surface area contributed by atoms with Crippen LogP contribution in [0.3, 0.4) is 0 Å². The van der Waals surface area contributed by atoms with Gasteiger partial charge in [-0.3, -0.25) is 9.69 Å². The molecule has 0 aliphatic rings. The van der Waals surface area contributed by atoms with Gasteiger partial charge in [0.25, 0.3) is 0 Å². The molecule has 1 unspecified atom stereocenters. The first-order valence-corrected chi connectivity index (χ1v) is 9.43. The molecule has 0 amide bonds. The molecular weight excluding hydrogens is 362 g/mol. The van der Waals surface area contributed by atoms with Crippen molar-refractivity contribution in [2.24, 2.45) is 0 Å². The first-order valence-electron chi connectivity index (χ1n) is 9.05. The number of halogens is 1. The fourth-order valence-corrected chi connectivity index (χ4v) is 3.28. The van der Waals surface area contributed by atoms with Gasteiger partial charge in [-0.15, -0.1) is 0 Å². The number of aromatic nitrogens is 2. The SMILES string of the molecule is CCOC(=O)CN(C)C(C)c1nc2cc(Cl)ccc2n1Cc1ccccc1. The van der Waals surface area contributed by atoms with Crippen LogP contribution >= 0.6 is 11.6 Å². The Morgan fingerprint density at radius 1 is 1.26 bits per heavy atom. The molecule has 3 rings (SSSR count). The number of imidazole rings is 1. The van der Waals surface area contributed by atoms with E-state index in [0.717, 1.165) is 16.9 Å². The van der Waals surface area contributed by atoms with E-state index < -0.39 is 0 Å². The molecule has 0 spiro atoms. The number of carbonyl (C=O) groups excluding carboxylic acids is 1. The van der Waals surface area contributed by atoms with Crippen LogP contribution < -0.4 is 0 Å². The number of ether oxygens (including phenoxy) is 1. The van der Waals surface area contributed by atoms with E-state index >= 15 is 0 Å². The third-order valence-corrected chi connectivity index (χ3v) is 4.88. The zero-order chi connectivity index (χ0) is 19.4. The van der Waals surface area contributed by atoms with Crippen LogP contribution in [-0.4, -0.2) is 40.6 Å². The Hall–Kier alpha value is -2.37. The quantitative estimate of drug-likeness (QED) is 0.569. The van der Waals surface area contributed by atoms with E-state index in [2.05, 4.69) is 16.7 Å². The Morgan fingerprint density at radius 2 is 2.00 bits per heavy atom. The van der Waals surface area contributed by atoms with Crippen LogP contribution in [0.4, 0.5) is 0 Å². The summed E-state index contributed by atoms with van der Waals surface area (Å²) in [5, 5.41) is 0.658. The third-order valence-electron chi connectivity index (χ3n) is 4.64. The highest BCUT2D eigenvalue weighted by atomic mass is 35.5. The number of fused-ring (bicyclic) bond motifs is 1. The van der Waals surface area contributed by atoms with Crippen LogP contribution in [0.2, 0.25) is 5.02 Å². The molecule has 1 atom stereocenters. The highest BCUT2D eigenvalue weighted by molar-refractivity contribution is 6.31. The van der Waals surface area contributed by atoms with Crippen molar-refractivity contribution < 1.29 is 9.53 Å². The number of nitrogens with zero attached hydrogens (tertiary/aromatic N) is 3. The van der Waals surface area contributed by atoms with Crippen LogP contribution in [0, 0.1) is 0 Å². The molecule has 27 heavy (non-hydrogen) atoms. The van der Waals surface area contributed by atoms with Crippen LogP contribution in [0.25, 0.3) is 11.0 Å². The molecule has 2 aromatic carbocycles. The van der Waals surface area contributed by atoms with Gasteiger partial charge in [-0.1, -0.05) is 41.9 Å². The molecule has 0 radical (unpaired) electrons. The fraction of sp³-hybridized carbons (Fsp3) is 0.333. The van der Waals surface area contributed by atoms with E-state index in [-0.39, 0.29) is 18.6 Å². The molecule has 0 saturated heterocycles. The van der Waals surface area contributed by atoms with Gasteiger partial charge in [-0.25, -0.2) is 4.98 Å². The Labute approximate surface area is 164 Å². The van der Waals surface area contributed by atoms with Gasteiger partial charge in [0, 0.05) is 11.6 Å². The van der Waals surface area contributed by atoms with E-state index in [9.17, 15) is 4.79 Å². The van der Waals surface area contributed by atoms with Crippen molar-refractivity contribution in [1.82, 2.24) is 14.5 Å². The second kappa shape index (κ2) is 8.55. The van der Waals surface area contributed by atoms with Crippen LogP contribution in [0.5, 0.6) is 0 Å². The Morgan fingerprint density at radius 3 is 2.70 bits per heavy atom. The topological polar surface area (TPSA) is 47.4 Å². The number of esters is 1. The predicted octanol–water partition coefficient (Wildman–Crippen LogP) is 4.29. The molecule has 5 nitrogen and oxygen atoms in total. The second-order valence-corrected chi connectivity index (χ2v) is 7.01. The zero-order valence-corrected chi connectivity index (χ0v) is 16.6. The van der Waals surface area contributed by atoms with Gasteiger partial charge in [0.05, 0.1) is 30.2 Å². The summed E-state index contributed by atoms with van der Waals surface area (Å²) in [5.74, 6) is 0.656. The smallest absolute Gasteiger partial charge is 0.320 e. The first-order chi connectivity index (χ1) is 13.0. The summed E-state index contributed by atoms with van der Waals surface area (Å²) in [6.07, 6.45) is 0. The van der Waals surface area contributed by atoms with Gasteiger partial charge in [-0.2, -0.15) is 0 Å². The summed E-state index contributed by atoms with van der Waals surface area (Å²) < 4.78 is 7.26. The van der Waals surface area contributed by atoms with Crippen molar-refractivity contribution in [1.29, 1.82) is 0 Å². The Bertz CT molecular complexity index is 924. The molecule has 142 valence electrons. The molecule has 6 heteroatoms. The molecule has 0 N–H and O–H groups in total. The average molecular weight is 386 g/mol. The van der Waals surface area contributed by atoms with Gasteiger partial charge in [0.2, 0.25) is 0 Å². The Kier molecular flexibility index (Phi) is 6.14. The molecule has 1 aromatic heterocycles. The monoisotopic (exact) mass is 385 g/mol. The summed E-state index contributed by atoms with van der Waals surface area (Å²) in [4.78, 5) is 18.6. The van der Waals surface area contributed by atoms with Crippen molar-refractivity contribution >= 4 is 28.6 Å². The van der Waals surface area contributed by atoms with Crippen molar-refractivity contribution in [3.05, 3.63) is 64.9 Å². The number of carbonyl (C=O) groups is 1. The van der Waals surface area contributed by atoms with Gasteiger partial charge >= 0.3 is 5.97 Å². The van der Waals surface area contributed by atoms with E-state index in [1.54, 1.807) is 0 Å². The standard InChI is InChI=1S/C21H24ClN3O2/c1-4-27-20(26)14-24(3)15(2)21-23-18-12-17(22)10-11-19(18)25(21)13-16-8-6-5-7-9-16/h5-12,15H,4,13-14H2,1-3H3. The average Bonchev–Trinajstić information content (AvgIpc) is 2.99. The van der Waals surface area contributed by atoms with Crippen molar-refractivity contribution in [2.75, 3.05) is 20.2 Å². The van der Waals surface area contributed by atoms with Crippen LogP contribution in [0.1, 0.15) is 31.3 Å². The minimum atomic E-state index is -0.236. The minimum Gasteiger partial charge on any atom is -0.465 e. The van der Waals surface area contributed by atoms with E-state index in [1.807, 2.05) is 62.2 Å². The molecule has 0 saturated carbocycles. The molecule has 0 bridgehead atoms. The highest BCUT2D eigenvalue weighted by Crippen LogP contribution is 2.27. The van der Waals surface area contributed by atoms with Crippen molar-refractivity contribution in [2.45, 2.75) is 26.4 Å². The molecule has 0 fully saturated rings. The van der Waals surface area contributed by atoms with Gasteiger partial charge in [-0.05, 0) is 44.7 Å². The zero-order valence-electron chi connectivity index (χ0n) is 15.9. The van der Waals surface area contributed by atoms with Crippen molar-refractivity contribution in [3.63, 3.8) is 0 Å². The van der Waals surface area contributed by atoms with Gasteiger partial charge in [0.1, 0.15) is 5.82 Å². The summed E-state index contributed by atoms with van der Waals surface area (Å²) in [6.45, 7) is 5.15. The fourth-order valence-electron chi connectivity index (χ4n) is 3.12. The number of likely N-dealkylation sites (N-methyl/N-ethyl adjacent to an activating group) is 1. The van der Waals surface area contributed by atoms with Gasteiger partial charge < -0.3 is 9.30 Å². The first kappa shape index (κ1) is 19.4. The van der Waals surface area contributed by atoms with Crippen molar-refractivity contribution in [3.8, 4) is 0 Å². The molecule has 3 aromatic rings. The van der Waals surface area contributed by atoms with E-state index in [4.69, 9.17) is 21.3 Å². The maximum Gasteiger partial charge on any atom is 0.320 e. The van der Waals surface area contributed by atoms with Gasteiger partial charge in [0.15, 0.2) is 0 Å². The molecule has 1 heterocycles. The number of hydrogen-bond donors (Lipinski definition) is 0. The summed E-state index contributed by atoms with van der Waals surface area (Å²) >= 11 is 6.17. The summed E-state index contributed by atoms with van der Waals surface area (Å²) in [5.41, 5.74) is 3.06. The minimum absolute atomic E-state index is 0.0655. The Balaban J connectivity index is 1.97. The van der Waals surface area contributed by atoms with Crippen LogP contribution in [-0.2, 0) is 16.1 Å². The predicted molar refractivity (Wildman–Crippen MR) is 108 cm³/mol. The maximum absolute atomic E-state index is 11.9. The van der Waals surface area contributed by atoms with E-state index in [1.165, 1.54) is 5.56 Å². The molecule has 0 aliphatic carbocycles. The van der Waals surface area contributed by atoms with E-state index in [0.29, 0.717) is 18.2 Å². The highest BCUT2D eigenvalue weighted by Gasteiger charge is 2.22. The second-order valence-electron chi connectivity index (χ2n) is 6.57. The lowest BCUT2D eigenvalue weighted by Gasteiger charge is -2.24. The largest absolute Gasteiger partial charge is 0.465 e. The number of rotatable bonds is 7. The summed E-state index contributed by atoms with van der Waals surface area (Å²) in [6, 6.07) is 15.9. The number of hydrogen-bond acceptors (Lipinski definition) is 4. The molecular formula is C21H24ClN3O2. The number of benzene rings is 2. The summed E-state index contributed by atoms with van der Waals surface area (Å²) in [7, 11) is 1.90. The molecule has 0 aliphatic heterocycles. The van der Waals surface area contributed by atoms with Crippen LogP contribution in [0.15, 0.2) is 48.5 Å². The third kappa shape index (κ3) is 4.49. The lowest BCUT2D eigenvalue weighted by molar-refractivity contribution is -0.144. The normalized spacial score (nSPS) is 12.5. The lowest BCUT2D eigenvalue weighted by Crippen LogP contribution is -2.31.